The minimum Gasteiger partial charge on any atom is -0.497 e. The van der Waals surface area contributed by atoms with Gasteiger partial charge in [-0.05, 0) is 35.3 Å². The quantitative estimate of drug-likeness (QED) is 0.758. The molecule has 0 bridgehead atoms. The smallest absolute Gasteiger partial charge is 0.170 e. The molecule has 22 heavy (non-hydrogen) atoms. The van der Waals surface area contributed by atoms with Gasteiger partial charge in [-0.1, -0.05) is 34.6 Å². The molecule has 3 heteroatoms. The van der Waals surface area contributed by atoms with Crippen LogP contribution in [-0.4, -0.2) is 13.7 Å². The van der Waals surface area contributed by atoms with Gasteiger partial charge in [0.2, 0.25) is 0 Å². The van der Waals surface area contributed by atoms with Crippen LogP contribution in [0.2, 0.25) is 0 Å². The minimum absolute atomic E-state index is 0.0181. The Labute approximate surface area is 131 Å². The first-order valence-electron chi connectivity index (χ1n) is 7.68. The number of rotatable bonds is 2. The van der Waals surface area contributed by atoms with E-state index in [0.717, 1.165) is 28.2 Å². The van der Waals surface area contributed by atoms with Crippen LogP contribution >= 0.6 is 0 Å². The predicted molar refractivity (Wildman–Crippen MR) is 88.9 cm³/mol. The minimum atomic E-state index is 0.0181. The molecule has 0 unspecified atom stereocenters. The molecule has 0 atom stereocenters. The van der Waals surface area contributed by atoms with Crippen LogP contribution in [-0.2, 0) is 4.74 Å². The van der Waals surface area contributed by atoms with E-state index in [4.69, 9.17) is 13.9 Å². The van der Waals surface area contributed by atoms with Crippen LogP contribution in [0, 0.1) is 10.8 Å². The van der Waals surface area contributed by atoms with Crippen molar-refractivity contribution in [3.63, 3.8) is 0 Å². The molecule has 0 N–H and O–H groups in total. The maximum atomic E-state index is 6.03. The molecule has 1 aliphatic heterocycles. The molecule has 1 aromatic heterocycles. The van der Waals surface area contributed by atoms with E-state index in [1.165, 1.54) is 5.57 Å². The molecule has 0 aliphatic carbocycles. The molecule has 1 aliphatic rings. The Morgan fingerprint density at radius 3 is 2.50 bits per heavy atom. The molecular weight excluding hydrogens is 276 g/mol. The van der Waals surface area contributed by atoms with E-state index in [-0.39, 0.29) is 10.8 Å². The van der Waals surface area contributed by atoms with Crippen LogP contribution in [0.25, 0.3) is 16.7 Å². The van der Waals surface area contributed by atoms with E-state index in [9.17, 15) is 0 Å². The summed E-state index contributed by atoms with van der Waals surface area (Å²) in [5.41, 5.74) is 2.21. The molecule has 118 valence electrons. The molecule has 0 amide bonds. The lowest BCUT2D eigenvalue weighted by molar-refractivity contribution is 0.210. The topological polar surface area (TPSA) is 31.6 Å². The molecule has 0 saturated heterocycles. The van der Waals surface area contributed by atoms with Crippen molar-refractivity contribution in [3.05, 3.63) is 35.6 Å². The van der Waals surface area contributed by atoms with E-state index in [1.807, 2.05) is 24.3 Å². The third kappa shape index (κ3) is 2.39. The van der Waals surface area contributed by atoms with Gasteiger partial charge in [0, 0.05) is 10.8 Å². The van der Waals surface area contributed by atoms with Gasteiger partial charge in [-0.25, -0.2) is 0 Å². The Bertz CT molecular complexity index is 742. The van der Waals surface area contributed by atoms with E-state index >= 15 is 0 Å². The molecule has 3 rings (SSSR count). The number of methoxy groups -OCH3 is 1. The SMILES string of the molecule is COc1ccc2oc(C3=C(C(C)(C)C)C(C)(C)CO3)cc2c1. The number of benzene rings is 1. The summed E-state index contributed by atoms with van der Waals surface area (Å²) < 4.78 is 17.3. The third-order valence-electron chi connectivity index (χ3n) is 4.18. The summed E-state index contributed by atoms with van der Waals surface area (Å²) in [7, 11) is 1.67. The molecule has 3 nitrogen and oxygen atoms in total. The van der Waals surface area contributed by atoms with Gasteiger partial charge in [-0.15, -0.1) is 0 Å². The lowest BCUT2D eigenvalue weighted by atomic mass is 9.71. The van der Waals surface area contributed by atoms with Gasteiger partial charge in [-0.2, -0.15) is 0 Å². The van der Waals surface area contributed by atoms with Gasteiger partial charge in [0.05, 0.1) is 13.7 Å². The standard InChI is InChI=1S/C19H24O3/c1-18(2,3)17-16(21-11-19(17,4)5)15-10-12-9-13(20-6)7-8-14(12)22-15/h7-10H,11H2,1-6H3. The monoisotopic (exact) mass is 300 g/mol. The second kappa shape index (κ2) is 4.80. The fourth-order valence-electron chi connectivity index (χ4n) is 3.51. The van der Waals surface area contributed by atoms with Gasteiger partial charge in [-0.3, -0.25) is 0 Å². The second-order valence-electron chi connectivity index (χ2n) is 7.64. The van der Waals surface area contributed by atoms with Crippen molar-refractivity contribution >= 4 is 16.7 Å². The molecular formula is C19H24O3. The van der Waals surface area contributed by atoms with E-state index in [2.05, 4.69) is 34.6 Å². The Hall–Kier alpha value is -1.90. The molecule has 0 spiro atoms. The van der Waals surface area contributed by atoms with E-state index in [1.54, 1.807) is 7.11 Å². The zero-order valence-corrected chi connectivity index (χ0v) is 14.2. The van der Waals surface area contributed by atoms with Crippen LogP contribution in [0.1, 0.15) is 40.4 Å². The maximum Gasteiger partial charge on any atom is 0.170 e. The summed E-state index contributed by atoms with van der Waals surface area (Å²) in [5.74, 6) is 2.53. The number of fused-ring (bicyclic) bond motifs is 1. The van der Waals surface area contributed by atoms with Crippen LogP contribution in [0.5, 0.6) is 5.75 Å². The average Bonchev–Trinajstić information content (AvgIpc) is 2.96. The maximum absolute atomic E-state index is 6.03. The number of ether oxygens (including phenoxy) is 2. The molecule has 0 fully saturated rings. The zero-order chi connectivity index (χ0) is 16.1. The van der Waals surface area contributed by atoms with Gasteiger partial charge in [0.15, 0.2) is 11.5 Å². The van der Waals surface area contributed by atoms with E-state index < -0.39 is 0 Å². The molecule has 1 aromatic carbocycles. The summed E-state index contributed by atoms with van der Waals surface area (Å²) >= 11 is 0. The van der Waals surface area contributed by atoms with Crippen LogP contribution in [0.3, 0.4) is 0 Å². The summed E-state index contributed by atoms with van der Waals surface area (Å²) in [6.45, 7) is 11.8. The summed E-state index contributed by atoms with van der Waals surface area (Å²) in [6, 6.07) is 7.88. The number of hydrogen-bond donors (Lipinski definition) is 0. The summed E-state index contributed by atoms with van der Waals surface area (Å²) in [6.07, 6.45) is 0. The fourth-order valence-corrected chi connectivity index (χ4v) is 3.51. The Morgan fingerprint density at radius 1 is 1.14 bits per heavy atom. The van der Waals surface area contributed by atoms with Crippen molar-refractivity contribution in [3.8, 4) is 5.75 Å². The predicted octanol–water partition coefficient (Wildman–Crippen LogP) is 5.26. The first-order chi connectivity index (χ1) is 10.2. The normalized spacial score (nSPS) is 17.9. The van der Waals surface area contributed by atoms with Crippen molar-refractivity contribution in [2.75, 3.05) is 13.7 Å². The van der Waals surface area contributed by atoms with Crippen LogP contribution in [0.4, 0.5) is 0 Å². The fraction of sp³-hybridized carbons (Fsp3) is 0.474. The lowest BCUT2D eigenvalue weighted by Gasteiger charge is -2.30. The van der Waals surface area contributed by atoms with Gasteiger partial charge >= 0.3 is 0 Å². The average molecular weight is 300 g/mol. The second-order valence-corrected chi connectivity index (χ2v) is 7.64. The van der Waals surface area contributed by atoms with Crippen molar-refractivity contribution in [1.82, 2.24) is 0 Å². The highest BCUT2D eigenvalue weighted by Crippen LogP contribution is 2.50. The Kier molecular flexibility index (Phi) is 3.28. The summed E-state index contributed by atoms with van der Waals surface area (Å²) in [5, 5.41) is 1.03. The Balaban J connectivity index is 2.17. The van der Waals surface area contributed by atoms with Gasteiger partial charge in [0.1, 0.15) is 11.3 Å². The molecule has 2 heterocycles. The Morgan fingerprint density at radius 2 is 1.86 bits per heavy atom. The first kappa shape index (κ1) is 15.0. The molecule has 2 aromatic rings. The van der Waals surface area contributed by atoms with Crippen molar-refractivity contribution in [2.45, 2.75) is 34.6 Å². The highest BCUT2D eigenvalue weighted by atomic mass is 16.5. The first-order valence-corrected chi connectivity index (χ1v) is 7.68. The van der Waals surface area contributed by atoms with Crippen LogP contribution < -0.4 is 4.74 Å². The lowest BCUT2D eigenvalue weighted by Crippen LogP contribution is -2.24. The summed E-state index contributed by atoms with van der Waals surface area (Å²) in [4.78, 5) is 0. The highest BCUT2D eigenvalue weighted by Gasteiger charge is 2.42. The van der Waals surface area contributed by atoms with Gasteiger partial charge in [0.25, 0.3) is 0 Å². The van der Waals surface area contributed by atoms with E-state index in [0.29, 0.717) is 6.61 Å². The zero-order valence-electron chi connectivity index (χ0n) is 14.2. The number of hydrogen-bond acceptors (Lipinski definition) is 3. The van der Waals surface area contributed by atoms with Crippen molar-refractivity contribution < 1.29 is 13.9 Å². The highest BCUT2D eigenvalue weighted by molar-refractivity contribution is 5.83. The van der Waals surface area contributed by atoms with Crippen molar-refractivity contribution in [1.29, 1.82) is 0 Å². The third-order valence-corrected chi connectivity index (χ3v) is 4.18. The molecule has 0 radical (unpaired) electrons. The van der Waals surface area contributed by atoms with Crippen LogP contribution in [0.15, 0.2) is 34.3 Å². The van der Waals surface area contributed by atoms with Crippen molar-refractivity contribution in [2.24, 2.45) is 10.8 Å². The van der Waals surface area contributed by atoms with Gasteiger partial charge < -0.3 is 13.9 Å². The largest absolute Gasteiger partial charge is 0.497 e. The molecule has 0 saturated carbocycles. The number of furan rings is 1.